The average Bonchev–Trinajstić information content (AvgIpc) is 2.21. The third kappa shape index (κ3) is 6.63. The molecule has 102 valence electrons. The van der Waals surface area contributed by atoms with Crippen molar-refractivity contribution >= 4 is 21.6 Å². The van der Waals surface area contributed by atoms with Crippen molar-refractivity contribution in [2.24, 2.45) is 5.92 Å². The van der Waals surface area contributed by atoms with Crippen LogP contribution in [-0.2, 0) is 10.0 Å². The molecular weight excluding hydrogens is 258 g/mol. The van der Waals surface area contributed by atoms with Crippen LogP contribution in [0, 0.1) is 5.92 Å². The molecule has 0 spiro atoms. The van der Waals surface area contributed by atoms with E-state index in [-0.39, 0.29) is 17.7 Å². The number of hydrogen-bond acceptors (Lipinski definition) is 2. The van der Waals surface area contributed by atoms with Gasteiger partial charge in [0.15, 0.2) is 0 Å². The summed E-state index contributed by atoms with van der Waals surface area (Å²) < 4.78 is 26.6. The fourth-order valence-corrected chi connectivity index (χ4v) is 4.24. The van der Waals surface area contributed by atoms with Gasteiger partial charge in [-0.1, -0.05) is 39.0 Å². The van der Waals surface area contributed by atoms with E-state index in [1.807, 2.05) is 6.92 Å². The van der Waals surface area contributed by atoms with Crippen LogP contribution in [0.4, 0.5) is 0 Å². The molecule has 1 unspecified atom stereocenters. The van der Waals surface area contributed by atoms with Crippen LogP contribution in [0.1, 0.15) is 51.9 Å². The highest BCUT2D eigenvalue weighted by molar-refractivity contribution is 7.89. The minimum Gasteiger partial charge on any atom is -0.212 e. The molecule has 1 saturated carbocycles. The topological polar surface area (TPSA) is 46.2 Å². The molecule has 0 aromatic rings. The highest BCUT2D eigenvalue weighted by atomic mass is 35.5. The van der Waals surface area contributed by atoms with Crippen molar-refractivity contribution in [2.75, 3.05) is 11.6 Å². The van der Waals surface area contributed by atoms with Crippen LogP contribution in [0.15, 0.2) is 0 Å². The first-order chi connectivity index (χ1) is 8.03. The monoisotopic (exact) mass is 281 g/mol. The first-order valence-electron chi connectivity index (χ1n) is 6.59. The minimum atomic E-state index is -3.16. The molecule has 0 amide bonds. The third-order valence-electron chi connectivity index (χ3n) is 3.22. The molecule has 3 nitrogen and oxygen atoms in total. The van der Waals surface area contributed by atoms with E-state index in [4.69, 9.17) is 11.6 Å². The molecule has 0 radical (unpaired) electrons. The Hall–Kier alpha value is 0.200. The highest BCUT2D eigenvalue weighted by Crippen LogP contribution is 2.18. The van der Waals surface area contributed by atoms with Crippen LogP contribution >= 0.6 is 11.6 Å². The first-order valence-corrected chi connectivity index (χ1v) is 8.78. The van der Waals surface area contributed by atoms with Crippen molar-refractivity contribution in [2.45, 2.75) is 57.9 Å². The van der Waals surface area contributed by atoms with E-state index < -0.39 is 10.0 Å². The maximum Gasteiger partial charge on any atom is 0.212 e. The van der Waals surface area contributed by atoms with Crippen molar-refractivity contribution in [3.63, 3.8) is 0 Å². The molecule has 5 heteroatoms. The summed E-state index contributed by atoms with van der Waals surface area (Å²) in [4.78, 5) is 0. The Kier molecular flexibility index (Phi) is 6.82. The SMILES string of the molecule is CC(CCl)CS(=O)(=O)NC1CCCCCCC1. The summed E-state index contributed by atoms with van der Waals surface area (Å²) in [5.74, 6) is 0.557. The van der Waals surface area contributed by atoms with E-state index >= 15 is 0 Å². The number of hydrogen-bond donors (Lipinski definition) is 1. The average molecular weight is 282 g/mol. The minimum absolute atomic E-state index is 0.0164. The van der Waals surface area contributed by atoms with Gasteiger partial charge in [-0.3, -0.25) is 0 Å². The Labute approximate surface area is 110 Å². The predicted octanol–water partition coefficient (Wildman–Crippen LogP) is 2.89. The van der Waals surface area contributed by atoms with Crippen LogP contribution in [0.5, 0.6) is 0 Å². The fraction of sp³-hybridized carbons (Fsp3) is 1.00. The molecule has 0 aliphatic heterocycles. The predicted molar refractivity (Wildman–Crippen MR) is 72.9 cm³/mol. The molecule has 1 fully saturated rings. The Balaban J connectivity index is 2.44. The van der Waals surface area contributed by atoms with Gasteiger partial charge in [-0.05, 0) is 18.8 Å². The number of rotatable bonds is 5. The van der Waals surface area contributed by atoms with E-state index in [0.717, 1.165) is 25.7 Å². The van der Waals surface area contributed by atoms with Gasteiger partial charge in [0.25, 0.3) is 0 Å². The van der Waals surface area contributed by atoms with Gasteiger partial charge in [0.2, 0.25) is 10.0 Å². The summed E-state index contributed by atoms with van der Waals surface area (Å²) in [6.07, 6.45) is 7.99. The summed E-state index contributed by atoms with van der Waals surface area (Å²) in [5.41, 5.74) is 0. The van der Waals surface area contributed by atoms with Crippen molar-refractivity contribution in [1.82, 2.24) is 4.72 Å². The van der Waals surface area contributed by atoms with E-state index in [0.29, 0.717) is 5.88 Å². The third-order valence-corrected chi connectivity index (χ3v) is 5.45. The quantitative estimate of drug-likeness (QED) is 0.788. The zero-order valence-corrected chi connectivity index (χ0v) is 12.2. The van der Waals surface area contributed by atoms with Gasteiger partial charge in [-0.25, -0.2) is 13.1 Å². The van der Waals surface area contributed by atoms with Gasteiger partial charge in [0, 0.05) is 11.9 Å². The molecule has 0 heterocycles. The standard InChI is InChI=1S/C12H24ClNO2S/c1-11(9-13)10-17(15,16)14-12-7-5-3-2-4-6-8-12/h11-12,14H,2-10H2,1H3. The second-order valence-corrected chi connectivity index (χ2v) is 7.31. The highest BCUT2D eigenvalue weighted by Gasteiger charge is 2.20. The van der Waals surface area contributed by atoms with Crippen LogP contribution in [0.25, 0.3) is 0 Å². The number of alkyl halides is 1. The van der Waals surface area contributed by atoms with Crippen LogP contribution < -0.4 is 4.72 Å². The Morgan fingerprint density at radius 3 is 2.24 bits per heavy atom. The van der Waals surface area contributed by atoms with Crippen LogP contribution in [0.2, 0.25) is 0 Å². The van der Waals surface area contributed by atoms with Gasteiger partial charge in [-0.15, -0.1) is 11.6 Å². The summed E-state index contributed by atoms with van der Waals surface area (Å²) in [7, 11) is -3.16. The van der Waals surface area contributed by atoms with Gasteiger partial charge in [0.05, 0.1) is 5.75 Å². The zero-order valence-electron chi connectivity index (χ0n) is 10.6. The second kappa shape index (κ2) is 7.59. The lowest BCUT2D eigenvalue weighted by Gasteiger charge is -2.21. The number of halogens is 1. The smallest absolute Gasteiger partial charge is 0.212 e. The molecule has 0 aromatic carbocycles. The van der Waals surface area contributed by atoms with Crippen molar-refractivity contribution in [3.8, 4) is 0 Å². The molecule has 0 saturated heterocycles. The Bertz CT molecular complexity index is 298. The van der Waals surface area contributed by atoms with E-state index in [2.05, 4.69) is 4.72 Å². The molecule has 1 atom stereocenters. The number of sulfonamides is 1. The fourth-order valence-electron chi connectivity index (χ4n) is 2.30. The van der Waals surface area contributed by atoms with Gasteiger partial charge >= 0.3 is 0 Å². The van der Waals surface area contributed by atoms with E-state index in [9.17, 15) is 8.42 Å². The molecule has 1 N–H and O–H groups in total. The molecule has 0 bridgehead atoms. The lowest BCUT2D eigenvalue weighted by molar-refractivity contribution is 0.425. The van der Waals surface area contributed by atoms with E-state index in [1.165, 1.54) is 19.3 Å². The largest absolute Gasteiger partial charge is 0.212 e. The Morgan fingerprint density at radius 2 is 1.71 bits per heavy atom. The molecule has 1 rings (SSSR count). The Morgan fingerprint density at radius 1 is 1.18 bits per heavy atom. The van der Waals surface area contributed by atoms with Gasteiger partial charge < -0.3 is 0 Å². The van der Waals surface area contributed by atoms with Crippen molar-refractivity contribution in [1.29, 1.82) is 0 Å². The van der Waals surface area contributed by atoms with Gasteiger partial charge in [-0.2, -0.15) is 0 Å². The van der Waals surface area contributed by atoms with Crippen molar-refractivity contribution in [3.05, 3.63) is 0 Å². The lowest BCUT2D eigenvalue weighted by atomic mass is 9.97. The number of nitrogens with one attached hydrogen (secondary N) is 1. The summed E-state index contributed by atoms with van der Waals surface area (Å²) in [6.45, 7) is 1.87. The molecule has 17 heavy (non-hydrogen) atoms. The van der Waals surface area contributed by atoms with E-state index in [1.54, 1.807) is 0 Å². The van der Waals surface area contributed by atoms with Crippen molar-refractivity contribution < 1.29 is 8.42 Å². The summed E-state index contributed by atoms with van der Waals surface area (Å²) in [5, 5.41) is 0. The summed E-state index contributed by atoms with van der Waals surface area (Å²) >= 11 is 5.66. The lowest BCUT2D eigenvalue weighted by Crippen LogP contribution is -2.38. The second-order valence-electron chi connectivity index (χ2n) is 5.20. The maximum atomic E-state index is 11.9. The normalized spacial score (nSPS) is 21.8. The molecule has 0 aromatic heterocycles. The molecule has 1 aliphatic carbocycles. The van der Waals surface area contributed by atoms with Crippen LogP contribution in [0.3, 0.4) is 0 Å². The molecular formula is C12H24ClNO2S. The first kappa shape index (κ1) is 15.3. The van der Waals surface area contributed by atoms with Crippen LogP contribution in [-0.4, -0.2) is 26.1 Å². The maximum absolute atomic E-state index is 11.9. The zero-order chi connectivity index (χ0) is 12.7. The summed E-state index contributed by atoms with van der Waals surface area (Å²) in [6, 6.07) is 0.142. The molecule has 1 aliphatic rings. The van der Waals surface area contributed by atoms with Gasteiger partial charge in [0.1, 0.15) is 0 Å².